The Morgan fingerprint density at radius 3 is 2.28 bits per heavy atom. The minimum atomic E-state index is 0.574. The van der Waals surface area contributed by atoms with E-state index in [0.717, 1.165) is 43.1 Å². The highest BCUT2D eigenvalue weighted by molar-refractivity contribution is 7.80. The zero-order chi connectivity index (χ0) is 18.0. The Kier molecular flexibility index (Phi) is 5.95. The summed E-state index contributed by atoms with van der Waals surface area (Å²) in [5.41, 5.74) is 3.04. The van der Waals surface area contributed by atoms with Gasteiger partial charge in [0.25, 0.3) is 0 Å². The van der Waals surface area contributed by atoms with Crippen LogP contribution in [0.1, 0.15) is 5.56 Å². The molecule has 1 fully saturated rings. The van der Waals surface area contributed by atoms with Crippen molar-refractivity contribution in [1.29, 1.82) is 0 Å². The van der Waals surface area contributed by atoms with E-state index in [-0.39, 0.29) is 0 Å². The molecule has 0 spiro atoms. The second-order valence-corrected chi connectivity index (χ2v) is 7.59. The number of hydrogen-bond acceptors (Lipinski definition) is 2. The number of nitrogens with zero attached hydrogens (tertiary/aromatic N) is 2. The molecule has 0 bridgehead atoms. The van der Waals surface area contributed by atoms with E-state index in [4.69, 9.17) is 47.0 Å². The van der Waals surface area contributed by atoms with Crippen LogP contribution in [0.5, 0.6) is 0 Å². The number of nitrogens with one attached hydrogen (secondary N) is 1. The lowest BCUT2D eigenvalue weighted by Gasteiger charge is -2.37. The zero-order valence-corrected chi connectivity index (χ0v) is 16.8. The summed E-state index contributed by atoms with van der Waals surface area (Å²) >= 11 is 23.9. The number of hydrogen-bond donors (Lipinski definition) is 1. The quantitative estimate of drug-likeness (QED) is 0.656. The standard InChI is InChI=1S/C18H18Cl3N3S/c1-12-2-5-17(16(21)10-12)22-18(25)24-8-6-23(7-9-24)13-3-4-14(19)15(20)11-13/h2-5,10-11H,6-9H2,1H3,(H,22,25). The molecular formula is C18H18Cl3N3S. The van der Waals surface area contributed by atoms with Gasteiger partial charge in [-0.15, -0.1) is 0 Å². The summed E-state index contributed by atoms with van der Waals surface area (Å²) in [6, 6.07) is 11.6. The van der Waals surface area contributed by atoms with E-state index in [1.54, 1.807) is 0 Å². The molecule has 3 rings (SSSR count). The molecule has 1 N–H and O–H groups in total. The van der Waals surface area contributed by atoms with E-state index in [0.29, 0.717) is 20.2 Å². The van der Waals surface area contributed by atoms with Gasteiger partial charge in [0, 0.05) is 31.9 Å². The van der Waals surface area contributed by atoms with E-state index >= 15 is 0 Å². The minimum Gasteiger partial charge on any atom is -0.368 e. The molecule has 25 heavy (non-hydrogen) atoms. The van der Waals surface area contributed by atoms with Crippen LogP contribution in [-0.2, 0) is 0 Å². The first-order chi connectivity index (χ1) is 11.9. The number of anilines is 2. The van der Waals surface area contributed by atoms with Crippen molar-refractivity contribution < 1.29 is 0 Å². The average Bonchev–Trinajstić information content (AvgIpc) is 2.60. The van der Waals surface area contributed by atoms with Gasteiger partial charge in [-0.1, -0.05) is 40.9 Å². The van der Waals surface area contributed by atoms with Crippen molar-refractivity contribution in [3.8, 4) is 0 Å². The van der Waals surface area contributed by atoms with Gasteiger partial charge in [0.05, 0.1) is 20.8 Å². The number of halogens is 3. The van der Waals surface area contributed by atoms with Crippen LogP contribution < -0.4 is 10.2 Å². The Labute approximate surface area is 168 Å². The lowest BCUT2D eigenvalue weighted by Crippen LogP contribution is -2.50. The van der Waals surface area contributed by atoms with Gasteiger partial charge in [-0.2, -0.15) is 0 Å². The third kappa shape index (κ3) is 4.50. The number of benzene rings is 2. The highest BCUT2D eigenvalue weighted by Gasteiger charge is 2.20. The van der Waals surface area contributed by atoms with Gasteiger partial charge in [-0.3, -0.25) is 0 Å². The summed E-state index contributed by atoms with van der Waals surface area (Å²) in [4.78, 5) is 4.43. The molecule has 2 aromatic rings. The third-order valence-corrected chi connectivity index (χ3v) is 5.61. The van der Waals surface area contributed by atoms with Crippen LogP contribution in [0.3, 0.4) is 0 Å². The minimum absolute atomic E-state index is 0.574. The normalized spacial score (nSPS) is 14.6. The smallest absolute Gasteiger partial charge is 0.173 e. The molecule has 0 saturated carbocycles. The molecule has 132 valence electrons. The summed E-state index contributed by atoms with van der Waals surface area (Å²) in [5, 5.41) is 5.77. The maximum Gasteiger partial charge on any atom is 0.173 e. The Bertz CT molecular complexity index is 789. The first-order valence-electron chi connectivity index (χ1n) is 7.96. The van der Waals surface area contributed by atoms with Crippen LogP contribution in [0.4, 0.5) is 11.4 Å². The van der Waals surface area contributed by atoms with E-state index in [2.05, 4.69) is 15.1 Å². The number of thiocarbonyl (C=S) groups is 1. The summed E-state index contributed by atoms with van der Waals surface area (Å²) < 4.78 is 0. The highest BCUT2D eigenvalue weighted by atomic mass is 35.5. The van der Waals surface area contributed by atoms with Gasteiger partial charge in [-0.05, 0) is 55.0 Å². The average molecular weight is 415 g/mol. The first kappa shape index (κ1) is 18.6. The molecule has 0 aliphatic carbocycles. The molecule has 3 nitrogen and oxygen atoms in total. The molecule has 1 saturated heterocycles. The van der Waals surface area contributed by atoms with Crippen LogP contribution in [0, 0.1) is 6.92 Å². The van der Waals surface area contributed by atoms with Crippen molar-refractivity contribution in [1.82, 2.24) is 4.90 Å². The van der Waals surface area contributed by atoms with Gasteiger partial charge >= 0.3 is 0 Å². The Balaban J connectivity index is 1.59. The zero-order valence-electron chi connectivity index (χ0n) is 13.7. The molecule has 2 aromatic carbocycles. The summed E-state index contributed by atoms with van der Waals surface area (Å²) in [7, 11) is 0. The van der Waals surface area contributed by atoms with Crippen LogP contribution >= 0.6 is 47.0 Å². The van der Waals surface area contributed by atoms with E-state index in [1.165, 1.54) is 0 Å². The SMILES string of the molecule is Cc1ccc(NC(=S)N2CCN(c3ccc(Cl)c(Cl)c3)CC2)c(Cl)c1. The highest BCUT2D eigenvalue weighted by Crippen LogP contribution is 2.28. The summed E-state index contributed by atoms with van der Waals surface area (Å²) in [6.07, 6.45) is 0. The van der Waals surface area contributed by atoms with Crippen molar-refractivity contribution in [2.24, 2.45) is 0 Å². The molecule has 0 aromatic heterocycles. The van der Waals surface area contributed by atoms with Gasteiger partial charge < -0.3 is 15.1 Å². The summed E-state index contributed by atoms with van der Waals surface area (Å²) in [5.74, 6) is 0. The fourth-order valence-corrected chi connectivity index (χ4v) is 3.63. The van der Waals surface area contributed by atoms with Gasteiger partial charge in [0.15, 0.2) is 5.11 Å². The predicted molar refractivity (Wildman–Crippen MR) is 113 cm³/mol. The molecular weight excluding hydrogens is 397 g/mol. The van der Waals surface area contributed by atoms with Crippen LogP contribution in [0.15, 0.2) is 36.4 Å². The van der Waals surface area contributed by atoms with Gasteiger partial charge in [0.2, 0.25) is 0 Å². The van der Waals surface area contributed by atoms with E-state index < -0.39 is 0 Å². The molecule has 1 heterocycles. The molecule has 1 aliphatic heterocycles. The topological polar surface area (TPSA) is 18.5 Å². The second kappa shape index (κ2) is 8.00. The molecule has 0 atom stereocenters. The van der Waals surface area contributed by atoms with Crippen molar-refractivity contribution >= 4 is 63.5 Å². The van der Waals surface area contributed by atoms with Gasteiger partial charge in [0.1, 0.15) is 0 Å². The van der Waals surface area contributed by atoms with Crippen LogP contribution in [0.25, 0.3) is 0 Å². The number of rotatable bonds is 2. The third-order valence-electron chi connectivity index (χ3n) is 4.20. The second-order valence-electron chi connectivity index (χ2n) is 5.99. The largest absolute Gasteiger partial charge is 0.368 e. The molecule has 1 aliphatic rings. The fraction of sp³-hybridized carbons (Fsp3) is 0.278. The Hall–Kier alpha value is -1.20. The maximum atomic E-state index is 6.27. The monoisotopic (exact) mass is 413 g/mol. The van der Waals surface area contributed by atoms with Gasteiger partial charge in [-0.25, -0.2) is 0 Å². The molecule has 0 unspecified atom stereocenters. The first-order valence-corrected chi connectivity index (χ1v) is 9.50. The predicted octanol–water partition coefficient (Wildman–Crippen LogP) is 5.47. The van der Waals surface area contributed by atoms with Crippen molar-refractivity contribution in [3.05, 3.63) is 57.0 Å². The maximum absolute atomic E-state index is 6.27. The lowest BCUT2D eigenvalue weighted by molar-refractivity contribution is 0.391. The summed E-state index contributed by atoms with van der Waals surface area (Å²) in [6.45, 7) is 5.39. The van der Waals surface area contributed by atoms with E-state index in [1.807, 2.05) is 43.3 Å². The molecule has 7 heteroatoms. The number of aryl methyl sites for hydroxylation is 1. The molecule has 0 radical (unpaired) electrons. The van der Waals surface area contributed by atoms with Crippen molar-refractivity contribution in [2.75, 3.05) is 36.4 Å². The van der Waals surface area contributed by atoms with Crippen molar-refractivity contribution in [2.45, 2.75) is 6.92 Å². The van der Waals surface area contributed by atoms with Crippen LogP contribution in [-0.4, -0.2) is 36.2 Å². The Morgan fingerprint density at radius 2 is 1.64 bits per heavy atom. The molecule has 0 amide bonds. The van der Waals surface area contributed by atoms with E-state index in [9.17, 15) is 0 Å². The van der Waals surface area contributed by atoms with Crippen molar-refractivity contribution in [3.63, 3.8) is 0 Å². The fourth-order valence-electron chi connectivity index (χ4n) is 2.77. The van der Waals surface area contributed by atoms with Crippen LogP contribution in [0.2, 0.25) is 15.1 Å². The Morgan fingerprint density at radius 1 is 0.920 bits per heavy atom. The number of piperazine rings is 1. The lowest BCUT2D eigenvalue weighted by atomic mass is 10.2.